The highest BCUT2D eigenvalue weighted by atomic mass is 15.2. The first kappa shape index (κ1) is 14.7. The topological polar surface area (TPSA) is 58.3 Å². The van der Waals surface area contributed by atoms with Gasteiger partial charge >= 0.3 is 0 Å². The normalized spacial score (nSPS) is 11.8. The summed E-state index contributed by atoms with van der Waals surface area (Å²) in [4.78, 5) is 12.8. The van der Waals surface area contributed by atoms with Gasteiger partial charge in [-0.3, -0.25) is 0 Å². The van der Waals surface area contributed by atoms with E-state index < -0.39 is 0 Å². The molecule has 0 bridgehead atoms. The van der Waals surface area contributed by atoms with E-state index in [1.165, 1.54) is 0 Å². The van der Waals surface area contributed by atoms with Crippen molar-refractivity contribution in [3.63, 3.8) is 0 Å². The Morgan fingerprint density at radius 2 is 1.78 bits per heavy atom. The fourth-order valence-corrected chi connectivity index (χ4v) is 1.70. The molecule has 0 aliphatic rings. The maximum absolute atomic E-state index is 6.02. The summed E-state index contributed by atoms with van der Waals surface area (Å²) in [5.41, 5.74) is 5.78. The minimum absolute atomic E-state index is 0.246. The molecule has 1 aromatic heterocycles. The highest BCUT2D eigenvalue weighted by Crippen LogP contribution is 2.18. The maximum Gasteiger partial charge on any atom is 0.134 e. The molecular formula is C13H25N5. The third-order valence-electron chi connectivity index (χ3n) is 2.81. The molecule has 1 rings (SSSR count). The number of rotatable bonds is 5. The number of nitrogens with two attached hydrogens (primary N) is 1. The molecule has 18 heavy (non-hydrogen) atoms. The third kappa shape index (κ3) is 4.14. The molecule has 0 unspecified atom stereocenters. The summed E-state index contributed by atoms with van der Waals surface area (Å²) in [5, 5.41) is 0. The number of nitrogens with zero attached hydrogens (tertiary/aromatic N) is 4. The Morgan fingerprint density at radius 3 is 2.28 bits per heavy atom. The molecule has 0 aliphatic heterocycles. The molecule has 102 valence electrons. The zero-order valence-electron chi connectivity index (χ0n) is 12.3. The standard InChI is InChI=1S/C13H25N5/c1-10(2)18(6)12-7-11(15-9-16-12)17(5)8-13(3,4)14/h7,9-10H,8,14H2,1-6H3. The molecule has 1 heterocycles. The van der Waals surface area contributed by atoms with Gasteiger partial charge in [0.05, 0.1) is 0 Å². The lowest BCUT2D eigenvalue weighted by atomic mass is 10.1. The molecule has 0 saturated carbocycles. The lowest BCUT2D eigenvalue weighted by Gasteiger charge is -2.28. The number of hydrogen-bond acceptors (Lipinski definition) is 5. The van der Waals surface area contributed by atoms with Gasteiger partial charge in [-0.05, 0) is 27.7 Å². The molecule has 0 fully saturated rings. The molecule has 5 heteroatoms. The summed E-state index contributed by atoms with van der Waals surface area (Å²) >= 11 is 0. The van der Waals surface area contributed by atoms with E-state index in [9.17, 15) is 0 Å². The summed E-state index contributed by atoms with van der Waals surface area (Å²) in [6.07, 6.45) is 1.60. The van der Waals surface area contributed by atoms with Gasteiger partial charge in [-0.1, -0.05) is 0 Å². The number of anilines is 2. The second-order valence-corrected chi connectivity index (χ2v) is 5.78. The van der Waals surface area contributed by atoms with Gasteiger partial charge in [0.25, 0.3) is 0 Å². The second-order valence-electron chi connectivity index (χ2n) is 5.78. The van der Waals surface area contributed by atoms with E-state index in [-0.39, 0.29) is 5.54 Å². The van der Waals surface area contributed by atoms with E-state index in [4.69, 9.17) is 5.73 Å². The van der Waals surface area contributed by atoms with Crippen molar-refractivity contribution in [3.8, 4) is 0 Å². The Kier molecular flexibility index (Phi) is 4.51. The molecule has 1 aromatic rings. The Morgan fingerprint density at radius 1 is 1.22 bits per heavy atom. The minimum atomic E-state index is -0.246. The van der Waals surface area contributed by atoms with Gasteiger partial charge in [0, 0.05) is 38.3 Å². The van der Waals surface area contributed by atoms with Crippen LogP contribution in [0.3, 0.4) is 0 Å². The van der Waals surface area contributed by atoms with Crippen LogP contribution in [0.1, 0.15) is 27.7 Å². The van der Waals surface area contributed by atoms with Crippen LogP contribution in [0, 0.1) is 0 Å². The van der Waals surface area contributed by atoms with Gasteiger partial charge in [0.2, 0.25) is 0 Å². The van der Waals surface area contributed by atoms with E-state index in [2.05, 4.69) is 33.6 Å². The van der Waals surface area contributed by atoms with Gasteiger partial charge in [0.1, 0.15) is 18.0 Å². The van der Waals surface area contributed by atoms with Crippen molar-refractivity contribution in [1.29, 1.82) is 0 Å². The molecule has 0 aliphatic carbocycles. The van der Waals surface area contributed by atoms with Crippen LogP contribution in [0.15, 0.2) is 12.4 Å². The number of hydrogen-bond donors (Lipinski definition) is 1. The highest BCUT2D eigenvalue weighted by molar-refractivity contribution is 5.49. The Labute approximate surface area is 110 Å². The average Bonchev–Trinajstić information content (AvgIpc) is 2.25. The lowest BCUT2D eigenvalue weighted by Crippen LogP contribution is -2.44. The van der Waals surface area contributed by atoms with Crippen molar-refractivity contribution >= 4 is 11.6 Å². The van der Waals surface area contributed by atoms with Crippen LogP contribution in [-0.2, 0) is 0 Å². The van der Waals surface area contributed by atoms with E-state index >= 15 is 0 Å². The largest absolute Gasteiger partial charge is 0.358 e. The van der Waals surface area contributed by atoms with Crippen molar-refractivity contribution in [2.45, 2.75) is 39.3 Å². The molecular weight excluding hydrogens is 226 g/mol. The van der Waals surface area contributed by atoms with Gasteiger partial charge < -0.3 is 15.5 Å². The minimum Gasteiger partial charge on any atom is -0.358 e. The summed E-state index contributed by atoms with van der Waals surface area (Å²) in [6, 6.07) is 2.40. The molecule has 0 radical (unpaired) electrons. The first-order valence-electron chi connectivity index (χ1n) is 6.25. The summed E-state index contributed by atoms with van der Waals surface area (Å²) < 4.78 is 0. The predicted molar refractivity (Wildman–Crippen MR) is 77.1 cm³/mol. The highest BCUT2D eigenvalue weighted by Gasteiger charge is 2.16. The zero-order chi connectivity index (χ0) is 13.9. The predicted octanol–water partition coefficient (Wildman–Crippen LogP) is 1.49. The zero-order valence-corrected chi connectivity index (χ0v) is 12.3. The van der Waals surface area contributed by atoms with E-state index in [0.29, 0.717) is 6.04 Å². The van der Waals surface area contributed by atoms with Crippen LogP contribution in [-0.4, -0.2) is 42.2 Å². The van der Waals surface area contributed by atoms with Crippen molar-refractivity contribution in [2.75, 3.05) is 30.4 Å². The SMILES string of the molecule is CC(C)N(C)c1cc(N(C)CC(C)(C)N)ncn1. The first-order valence-corrected chi connectivity index (χ1v) is 6.25. The van der Waals surface area contributed by atoms with Crippen LogP contribution in [0.25, 0.3) is 0 Å². The molecule has 0 atom stereocenters. The van der Waals surface area contributed by atoms with E-state index in [1.807, 2.05) is 34.0 Å². The quantitative estimate of drug-likeness (QED) is 0.859. The van der Waals surface area contributed by atoms with E-state index in [0.717, 1.165) is 18.2 Å². The third-order valence-corrected chi connectivity index (χ3v) is 2.81. The number of aromatic nitrogens is 2. The maximum atomic E-state index is 6.02. The smallest absolute Gasteiger partial charge is 0.134 e. The monoisotopic (exact) mass is 251 g/mol. The van der Waals surface area contributed by atoms with Crippen LogP contribution in [0.4, 0.5) is 11.6 Å². The van der Waals surface area contributed by atoms with Crippen molar-refractivity contribution < 1.29 is 0 Å². The summed E-state index contributed by atoms with van der Waals surface area (Å²) in [7, 11) is 4.03. The molecule has 0 saturated heterocycles. The van der Waals surface area contributed by atoms with Crippen LogP contribution >= 0.6 is 0 Å². The molecule has 0 amide bonds. The Balaban J connectivity index is 2.88. The summed E-state index contributed by atoms with van der Waals surface area (Å²) in [5.74, 6) is 1.82. The average molecular weight is 251 g/mol. The van der Waals surface area contributed by atoms with Gasteiger partial charge in [-0.15, -0.1) is 0 Å². The molecule has 2 N–H and O–H groups in total. The first-order chi connectivity index (χ1) is 8.20. The van der Waals surface area contributed by atoms with Gasteiger partial charge in [0.15, 0.2) is 0 Å². The van der Waals surface area contributed by atoms with Crippen LogP contribution < -0.4 is 15.5 Å². The van der Waals surface area contributed by atoms with E-state index in [1.54, 1.807) is 6.33 Å². The molecule has 5 nitrogen and oxygen atoms in total. The number of likely N-dealkylation sites (N-methyl/N-ethyl adjacent to an activating group) is 1. The fourth-order valence-electron chi connectivity index (χ4n) is 1.70. The molecule has 0 aromatic carbocycles. The Hall–Kier alpha value is -1.36. The second kappa shape index (κ2) is 5.52. The summed E-state index contributed by atoms with van der Waals surface area (Å²) in [6.45, 7) is 9.02. The lowest BCUT2D eigenvalue weighted by molar-refractivity contribution is 0.517. The Bertz CT molecular complexity index is 383. The van der Waals surface area contributed by atoms with Gasteiger partial charge in [-0.25, -0.2) is 9.97 Å². The fraction of sp³-hybridized carbons (Fsp3) is 0.692. The van der Waals surface area contributed by atoms with Crippen molar-refractivity contribution in [2.24, 2.45) is 5.73 Å². The van der Waals surface area contributed by atoms with Crippen molar-refractivity contribution in [1.82, 2.24) is 9.97 Å². The van der Waals surface area contributed by atoms with Gasteiger partial charge in [-0.2, -0.15) is 0 Å². The van der Waals surface area contributed by atoms with Crippen LogP contribution in [0.5, 0.6) is 0 Å². The van der Waals surface area contributed by atoms with Crippen molar-refractivity contribution in [3.05, 3.63) is 12.4 Å². The molecule has 0 spiro atoms. The van der Waals surface area contributed by atoms with Crippen LogP contribution in [0.2, 0.25) is 0 Å².